The Labute approximate surface area is 152 Å². The smallest absolute Gasteiger partial charge is 0.338 e. The summed E-state index contributed by atoms with van der Waals surface area (Å²) in [6.07, 6.45) is 0.697. The Morgan fingerprint density at radius 1 is 1.23 bits per heavy atom. The second kappa shape index (κ2) is 9.30. The zero-order chi connectivity index (χ0) is 19.9. The number of urea groups is 1. The van der Waals surface area contributed by atoms with Crippen LogP contribution in [0.3, 0.4) is 0 Å². The normalized spacial score (nSPS) is 12.3. The number of hydrogen-bond donors (Lipinski definition) is 2. The summed E-state index contributed by atoms with van der Waals surface area (Å²) in [6, 6.07) is 4.48. The summed E-state index contributed by atoms with van der Waals surface area (Å²) >= 11 is 0. The summed E-state index contributed by atoms with van der Waals surface area (Å²) in [6.45, 7) is 2.98. The van der Waals surface area contributed by atoms with Gasteiger partial charge in [0.2, 0.25) is 10.0 Å². The van der Waals surface area contributed by atoms with Crippen LogP contribution >= 0.6 is 0 Å². The van der Waals surface area contributed by atoms with Gasteiger partial charge in [-0.3, -0.25) is 10.1 Å². The van der Waals surface area contributed by atoms with E-state index in [2.05, 4.69) is 5.32 Å². The second-order valence-electron chi connectivity index (χ2n) is 5.72. The van der Waals surface area contributed by atoms with Crippen LogP contribution in [-0.2, 0) is 19.6 Å². The molecule has 0 unspecified atom stereocenters. The van der Waals surface area contributed by atoms with Crippen LogP contribution in [0.2, 0.25) is 0 Å². The van der Waals surface area contributed by atoms with E-state index in [-0.39, 0.29) is 16.5 Å². The predicted molar refractivity (Wildman–Crippen MR) is 94.0 cm³/mol. The maximum absolute atomic E-state index is 12.1. The Kier molecular flexibility index (Phi) is 7.72. The number of hydrogen-bond acceptors (Lipinski definition) is 6. The number of imide groups is 1. The molecule has 1 rings (SSSR count). The third kappa shape index (κ3) is 6.12. The Hall–Kier alpha value is -2.46. The number of ether oxygens (including phenoxy) is 1. The van der Waals surface area contributed by atoms with Crippen molar-refractivity contribution < 1.29 is 27.5 Å². The lowest BCUT2D eigenvalue weighted by Crippen LogP contribution is -2.44. The third-order valence-corrected chi connectivity index (χ3v) is 5.24. The van der Waals surface area contributed by atoms with E-state index in [1.54, 1.807) is 6.92 Å². The summed E-state index contributed by atoms with van der Waals surface area (Å²) in [7, 11) is -0.961. The van der Waals surface area contributed by atoms with Crippen LogP contribution in [0.4, 0.5) is 4.79 Å². The highest BCUT2D eigenvalue weighted by molar-refractivity contribution is 7.89. The number of benzene rings is 1. The lowest BCUT2D eigenvalue weighted by atomic mass is 10.2. The first-order valence-electron chi connectivity index (χ1n) is 7.88. The van der Waals surface area contributed by atoms with Crippen molar-refractivity contribution in [3.8, 4) is 0 Å². The fraction of sp³-hybridized carbons (Fsp3) is 0.438. The van der Waals surface area contributed by atoms with Crippen LogP contribution in [0, 0.1) is 0 Å². The molecule has 0 aliphatic rings. The van der Waals surface area contributed by atoms with Gasteiger partial charge in [-0.1, -0.05) is 13.0 Å². The number of rotatable bonds is 7. The monoisotopic (exact) mass is 385 g/mol. The molecule has 0 spiro atoms. The van der Waals surface area contributed by atoms with E-state index in [1.807, 2.05) is 12.2 Å². The first-order valence-corrected chi connectivity index (χ1v) is 9.32. The number of carbonyl (C=O) groups excluding carboxylic acids is 3. The molecule has 0 fully saturated rings. The van der Waals surface area contributed by atoms with Crippen molar-refractivity contribution in [1.82, 2.24) is 14.9 Å². The third-order valence-electron chi connectivity index (χ3n) is 3.43. The zero-order valence-electron chi connectivity index (χ0n) is 15.1. The van der Waals surface area contributed by atoms with Crippen molar-refractivity contribution in [2.75, 3.05) is 20.7 Å². The highest BCUT2D eigenvalue weighted by Crippen LogP contribution is 2.15. The first kappa shape index (κ1) is 21.6. The Morgan fingerprint density at radius 2 is 1.88 bits per heavy atom. The lowest BCUT2D eigenvalue weighted by molar-refractivity contribution is -0.123. The molecule has 0 radical (unpaired) electrons. The summed E-state index contributed by atoms with van der Waals surface area (Å²) in [5.41, 5.74) is -0.0234. The Morgan fingerprint density at radius 3 is 2.46 bits per heavy atom. The van der Waals surface area contributed by atoms with Crippen molar-refractivity contribution in [2.45, 2.75) is 31.2 Å². The standard InChI is InChI=1S/C16H23N3O6S/c1-5-11(2)17-16(22)18-14(20)10-25-15(21)12-7-6-8-13(9-12)26(23,24)19(3)4/h6-9,11H,5,10H2,1-4H3,(H2,17,18,20,22)/t11-/m1/s1. The molecular formula is C16H23N3O6S. The van der Waals surface area contributed by atoms with Gasteiger partial charge in [0.15, 0.2) is 6.61 Å². The van der Waals surface area contributed by atoms with Gasteiger partial charge in [-0.25, -0.2) is 22.3 Å². The van der Waals surface area contributed by atoms with Crippen molar-refractivity contribution in [2.24, 2.45) is 0 Å². The molecule has 144 valence electrons. The van der Waals surface area contributed by atoms with E-state index in [0.717, 1.165) is 10.4 Å². The van der Waals surface area contributed by atoms with Crippen molar-refractivity contribution in [3.63, 3.8) is 0 Å². The highest BCUT2D eigenvalue weighted by atomic mass is 32.2. The molecule has 1 atom stereocenters. The topological polar surface area (TPSA) is 122 Å². The Bertz CT molecular complexity index is 776. The van der Waals surface area contributed by atoms with E-state index in [1.165, 1.54) is 32.3 Å². The summed E-state index contributed by atoms with van der Waals surface area (Å²) in [5.74, 6) is -1.67. The summed E-state index contributed by atoms with van der Waals surface area (Å²) in [5, 5.41) is 4.57. The molecule has 3 amide bonds. The van der Waals surface area contributed by atoms with Crippen LogP contribution in [0.25, 0.3) is 0 Å². The van der Waals surface area contributed by atoms with Gasteiger partial charge in [0, 0.05) is 20.1 Å². The molecule has 10 heteroatoms. The number of carbonyl (C=O) groups is 3. The lowest BCUT2D eigenvalue weighted by Gasteiger charge is -2.13. The van der Waals surface area contributed by atoms with Gasteiger partial charge in [-0.05, 0) is 31.5 Å². The molecule has 9 nitrogen and oxygen atoms in total. The van der Waals surface area contributed by atoms with E-state index in [0.29, 0.717) is 6.42 Å². The molecule has 0 saturated heterocycles. The number of nitrogens with one attached hydrogen (secondary N) is 2. The minimum atomic E-state index is -3.70. The summed E-state index contributed by atoms with van der Waals surface area (Å²) in [4.78, 5) is 35.0. The van der Waals surface area contributed by atoms with Crippen molar-refractivity contribution in [3.05, 3.63) is 29.8 Å². The fourth-order valence-electron chi connectivity index (χ4n) is 1.73. The largest absolute Gasteiger partial charge is 0.452 e. The molecule has 2 N–H and O–H groups in total. The molecule has 0 aromatic heterocycles. The zero-order valence-corrected chi connectivity index (χ0v) is 15.9. The number of amides is 3. The molecule has 0 saturated carbocycles. The van der Waals surface area contributed by atoms with Crippen molar-refractivity contribution in [1.29, 1.82) is 0 Å². The van der Waals surface area contributed by atoms with Crippen LogP contribution in [-0.4, -0.2) is 57.4 Å². The predicted octanol–water partition coefficient (Wildman–Crippen LogP) is 0.718. The molecule has 1 aromatic carbocycles. The second-order valence-corrected chi connectivity index (χ2v) is 7.87. The van der Waals surface area contributed by atoms with Gasteiger partial charge >= 0.3 is 12.0 Å². The first-order chi connectivity index (χ1) is 12.1. The molecule has 0 heterocycles. The average Bonchev–Trinajstić information content (AvgIpc) is 2.59. The maximum atomic E-state index is 12.1. The summed E-state index contributed by atoms with van der Waals surface area (Å²) < 4.78 is 30.0. The van der Waals surface area contributed by atoms with Gasteiger partial charge < -0.3 is 10.1 Å². The maximum Gasteiger partial charge on any atom is 0.338 e. The van der Waals surface area contributed by atoms with Crippen molar-refractivity contribution >= 4 is 27.9 Å². The number of sulfonamides is 1. The van der Waals surface area contributed by atoms with Crippen LogP contribution in [0.15, 0.2) is 29.2 Å². The molecule has 0 aliphatic heterocycles. The van der Waals surface area contributed by atoms with E-state index in [4.69, 9.17) is 4.74 Å². The Balaban J connectivity index is 2.66. The number of esters is 1. The fourth-order valence-corrected chi connectivity index (χ4v) is 2.68. The van der Waals surface area contributed by atoms with E-state index in [9.17, 15) is 22.8 Å². The van der Waals surface area contributed by atoms with Crippen LogP contribution < -0.4 is 10.6 Å². The average molecular weight is 385 g/mol. The van der Waals surface area contributed by atoms with Gasteiger partial charge in [0.25, 0.3) is 5.91 Å². The minimum absolute atomic E-state index is 0.0234. The van der Waals surface area contributed by atoms with Gasteiger partial charge in [0.05, 0.1) is 10.5 Å². The SMILES string of the molecule is CC[C@@H](C)NC(=O)NC(=O)COC(=O)c1cccc(S(=O)(=O)N(C)C)c1. The van der Waals surface area contributed by atoms with E-state index < -0.39 is 34.5 Å². The van der Waals surface area contributed by atoms with Gasteiger partial charge in [-0.15, -0.1) is 0 Å². The highest BCUT2D eigenvalue weighted by Gasteiger charge is 2.20. The van der Waals surface area contributed by atoms with Crippen LogP contribution in [0.1, 0.15) is 30.6 Å². The van der Waals surface area contributed by atoms with Gasteiger partial charge in [0.1, 0.15) is 0 Å². The van der Waals surface area contributed by atoms with E-state index >= 15 is 0 Å². The van der Waals surface area contributed by atoms with Crippen LogP contribution in [0.5, 0.6) is 0 Å². The minimum Gasteiger partial charge on any atom is -0.452 e. The van der Waals surface area contributed by atoms with Gasteiger partial charge in [-0.2, -0.15) is 0 Å². The molecule has 0 aliphatic carbocycles. The molecule has 1 aromatic rings. The molecular weight excluding hydrogens is 362 g/mol. The molecule has 0 bridgehead atoms. The quantitative estimate of drug-likeness (QED) is 0.667. The number of nitrogens with zero attached hydrogens (tertiary/aromatic N) is 1. The molecule has 26 heavy (non-hydrogen) atoms.